The number of aromatic nitrogens is 2. The van der Waals surface area contributed by atoms with Crippen molar-refractivity contribution in [2.75, 3.05) is 12.3 Å². The van der Waals surface area contributed by atoms with Gasteiger partial charge in [-0.25, -0.2) is 9.07 Å². The highest BCUT2D eigenvalue weighted by Gasteiger charge is 2.36. The van der Waals surface area contributed by atoms with E-state index in [0.717, 1.165) is 12.0 Å². The van der Waals surface area contributed by atoms with E-state index in [1.54, 1.807) is 18.2 Å². The fourth-order valence-corrected chi connectivity index (χ4v) is 4.03. The minimum Gasteiger partial charge on any atom is -0.416 e. The van der Waals surface area contributed by atoms with Crippen LogP contribution in [0.3, 0.4) is 0 Å². The van der Waals surface area contributed by atoms with Crippen LogP contribution in [-0.4, -0.2) is 30.5 Å². The van der Waals surface area contributed by atoms with Crippen molar-refractivity contribution in [2.45, 2.75) is 45.3 Å². The first kappa shape index (κ1) is 22.9. The minimum absolute atomic E-state index is 0.160. The van der Waals surface area contributed by atoms with Gasteiger partial charge in [0.1, 0.15) is 11.6 Å². The van der Waals surface area contributed by atoms with Gasteiger partial charge in [-0.3, -0.25) is 4.79 Å². The first-order valence-corrected chi connectivity index (χ1v) is 13.3. The van der Waals surface area contributed by atoms with E-state index in [1.165, 1.54) is 23.0 Å². The van der Waals surface area contributed by atoms with Gasteiger partial charge in [0, 0.05) is 12.2 Å². The minimum atomic E-state index is -1.81. The molecule has 0 amide bonds. The van der Waals surface area contributed by atoms with Crippen molar-refractivity contribution in [3.8, 4) is 5.69 Å². The molecule has 0 unspecified atom stereocenters. The van der Waals surface area contributed by atoms with Crippen LogP contribution in [0.2, 0.25) is 18.1 Å². The van der Waals surface area contributed by atoms with Crippen LogP contribution in [-0.2, 0) is 10.8 Å². The summed E-state index contributed by atoms with van der Waals surface area (Å²) in [5.41, 5.74) is 8.69. The zero-order valence-electron chi connectivity index (χ0n) is 18.8. The highest BCUT2D eigenvalue weighted by atomic mass is 28.4. The number of carbonyl (C=O) groups excluding carboxylic acids is 1. The Balaban J connectivity index is 1.74. The lowest BCUT2D eigenvalue weighted by molar-refractivity contribution is 0.103. The molecule has 3 aromatic rings. The topological polar surface area (TPSA) is 70.1 Å². The van der Waals surface area contributed by atoms with Crippen LogP contribution >= 0.6 is 0 Å². The molecular weight excluding hydrogens is 409 g/mol. The maximum atomic E-state index is 13.2. The summed E-state index contributed by atoms with van der Waals surface area (Å²) in [4.78, 5) is 13.1. The van der Waals surface area contributed by atoms with Crippen LogP contribution in [0.1, 0.15) is 42.3 Å². The molecule has 0 atom stereocenters. The number of hydrogen-bond acceptors (Lipinski definition) is 4. The number of nitrogens with zero attached hydrogens (tertiary/aromatic N) is 2. The Morgan fingerprint density at radius 3 is 2.48 bits per heavy atom. The molecule has 7 heteroatoms. The summed E-state index contributed by atoms with van der Waals surface area (Å²) in [6.07, 6.45) is 2.19. The van der Waals surface area contributed by atoms with E-state index in [1.807, 2.05) is 18.2 Å². The van der Waals surface area contributed by atoms with Crippen molar-refractivity contribution in [2.24, 2.45) is 0 Å². The van der Waals surface area contributed by atoms with Crippen molar-refractivity contribution < 1.29 is 13.6 Å². The zero-order valence-corrected chi connectivity index (χ0v) is 19.8. The summed E-state index contributed by atoms with van der Waals surface area (Å²) in [6.45, 7) is 11.7. The van der Waals surface area contributed by atoms with Gasteiger partial charge in [-0.15, -0.1) is 0 Å². The van der Waals surface area contributed by atoms with Crippen LogP contribution < -0.4 is 5.73 Å². The Kier molecular flexibility index (Phi) is 6.47. The maximum Gasteiger partial charge on any atom is 0.198 e. The Morgan fingerprint density at radius 1 is 1.16 bits per heavy atom. The smallest absolute Gasteiger partial charge is 0.198 e. The molecule has 0 saturated heterocycles. The van der Waals surface area contributed by atoms with E-state index >= 15 is 0 Å². The number of halogens is 1. The lowest BCUT2D eigenvalue weighted by Gasteiger charge is -2.36. The van der Waals surface area contributed by atoms with Crippen molar-refractivity contribution >= 4 is 19.9 Å². The average molecular weight is 440 g/mol. The van der Waals surface area contributed by atoms with E-state index in [9.17, 15) is 9.18 Å². The molecule has 0 saturated carbocycles. The van der Waals surface area contributed by atoms with Crippen molar-refractivity contribution in [1.82, 2.24) is 9.78 Å². The average Bonchev–Trinajstić information content (AvgIpc) is 3.08. The predicted molar refractivity (Wildman–Crippen MR) is 125 cm³/mol. The normalized spacial score (nSPS) is 12.2. The molecule has 1 heterocycles. The first-order chi connectivity index (χ1) is 14.5. The Morgan fingerprint density at radius 2 is 1.84 bits per heavy atom. The van der Waals surface area contributed by atoms with Gasteiger partial charge >= 0.3 is 0 Å². The van der Waals surface area contributed by atoms with Gasteiger partial charge in [-0.05, 0) is 60.4 Å². The molecule has 0 radical (unpaired) electrons. The van der Waals surface area contributed by atoms with Crippen molar-refractivity contribution in [1.29, 1.82) is 0 Å². The number of nitrogen functional groups attached to an aromatic ring is 1. The zero-order chi connectivity index (χ0) is 22.8. The number of benzene rings is 2. The van der Waals surface area contributed by atoms with Gasteiger partial charge in [-0.1, -0.05) is 39.0 Å². The summed E-state index contributed by atoms with van der Waals surface area (Å²) in [7, 11) is -1.81. The van der Waals surface area contributed by atoms with Gasteiger partial charge in [0.25, 0.3) is 0 Å². The van der Waals surface area contributed by atoms with Crippen LogP contribution in [0.25, 0.3) is 5.69 Å². The third kappa shape index (κ3) is 5.11. The number of nitrogens with two attached hydrogens (primary N) is 1. The number of rotatable bonds is 7. The second-order valence-electron chi connectivity index (χ2n) is 9.22. The number of ketones is 1. The Bertz CT molecular complexity index is 1070. The first-order valence-electron chi connectivity index (χ1n) is 10.4. The largest absolute Gasteiger partial charge is 0.416 e. The third-order valence-corrected chi connectivity index (χ3v) is 10.5. The lowest BCUT2D eigenvalue weighted by atomic mass is 10.0. The summed E-state index contributed by atoms with van der Waals surface area (Å²) in [6, 6.07) is 13.3. The number of hydrogen-bond donors (Lipinski definition) is 1. The molecule has 2 N–H and O–H groups in total. The summed E-state index contributed by atoms with van der Waals surface area (Å²) in [5, 5.41) is 4.38. The quantitative estimate of drug-likeness (QED) is 0.396. The van der Waals surface area contributed by atoms with Gasteiger partial charge in [0.05, 0.1) is 17.4 Å². The van der Waals surface area contributed by atoms with Crippen molar-refractivity contribution in [3.63, 3.8) is 0 Å². The van der Waals surface area contributed by atoms with E-state index in [0.29, 0.717) is 23.4 Å². The van der Waals surface area contributed by atoms with E-state index in [2.05, 4.69) is 39.0 Å². The summed E-state index contributed by atoms with van der Waals surface area (Å²) < 4.78 is 20.9. The van der Waals surface area contributed by atoms with E-state index in [4.69, 9.17) is 10.2 Å². The maximum absolute atomic E-state index is 13.2. The monoisotopic (exact) mass is 439 g/mol. The van der Waals surface area contributed by atoms with E-state index in [-0.39, 0.29) is 22.5 Å². The molecule has 3 rings (SSSR count). The second kappa shape index (κ2) is 8.76. The fourth-order valence-electron chi connectivity index (χ4n) is 2.99. The molecule has 0 aliphatic carbocycles. The molecule has 5 nitrogen and oxygen atoms in total. The van der Waals surface area contributed by atoms with Gasteiger partial charge < -0.3 is 10.2 Å². The molecule has 164 valence electrons. The SMILES string of the molecule is CC(C)(C)[Si](C)(C)OCCc1cccc(C(=O)c2cnn(-c3ccc(F)cc3)c2N)c1. The lowest BCUT2D eigenvalue weighted by Crippen LogP contribution is -2.41. The molecule has 2 aromatic carbocycles. The summed E-state index contributed by atoms with van der Waals surface area (Å²) in [5.74, 6) is -0.318. The molecule has 31 heavy (non-hydrogen) atoms. The summed E-state index contributed by atoms with van der Waals surface area (Å²) >= 11 is 0. The molecule has 0 spiro atoms. The van der Waals surface area contributed by atoms with E-state index < -0.39 is 8.32 Å². The molecule has 0 aliphatic heterocycles. The van der Waals surface area contributed by atoms with Gasteiger partial charge in [0.2, 0.25) is 0 Å². The number of carbonyl (C=O) groups is 1. The molecule has 0 fully saturated rings. The Hall–Kier alpha value is -2.77. The molecular formula is C24H30FN3O2Si. The second-order valence-corrected chi connectivity index (χ2v) is 14.0. The van der Waals surface area contributed by atoms with Crippen LogP contribution in [0.4, 0.5) is 10.2 Å². The fraction of sp³-hybridized carbons (Fsp3) is 0.333. The van der Waals surface area contributed by atoms with Crippen LogP contribution in [0, 0.1) is 5.82 Å². The molecule has 0 aliphatic rings. The molecule has 1 aromatic heterocycles. The number of anilines is 1. The van der Waals surface area contributed by atoms with Crippen LogP contribution in [0.15, 0.2) is 54.7 Å². The predicted octanol–water partition coefficient (Wildman–Crippen LogP) is 5.39. The van der Waals surface area contributed by atoms with Gasteiger partial charge in [0.15, 0.2) is 14.1 Å². The Labute approximate surface area is 184 Å². The van der Waals surface area contributed by atoms with Crippen molar-refractivity contribution in [3.05, 3.63) is 77.2 Å². The molecule has 0 bridgehead atoms. The van der Waals surface area contributed by atoms with Gasteiger partial charge in [-0.2, -0.15) is 5.10 Å². The third-order valence-electron chi connectivity index (χ3n) is 5.97. The highest BCUT2D eigenvalue weighted by Crippen LogP contribution is 2.36. The van der Waals surface area contributed by atoms with Crippen LogP contribution in [0.5, 0.6) is 0 Å². The standard InChI is InChI=1S/C24H30FN3O2Si/c1-24(2,3)31(4,5)30-14-13-17-7-6-8-18(15-17)22(29)21-16-27-28(23(21)26)20-11-9-19(25)10-12-20/h6-12,15-16H,13-14,26H2,1-5H3. The highest BCUT2D eigenvalue weighted by molar-refractivity contribution is 6.74.